The largest absolute Gasteiger partial charge is 0.493 e. The number of ether oxygens (including phenoxy) is 2. The number of anilines is 1. The minimum absolute atomic E-state index is 0.161. The average molecular weight is 409 g/mol. The summed E-state index contributed by atoms with van der Waals surface area (Å²) in [6.07, 6.45) is 6.64. The van der Waals surface area contributed by atoms with Crippen molar-refractivity contribution in [1.29, 1.82) is 0 Å². The zero-order valence-electron chi connectivity index (χ0n) is 15.4. The third kappa shape index (κ3) is 4.47. The van der Waals surface area contributed by atoms with Crippen molar-refractivity contribution in [2.75, 3.05) is 12.4 Å². The molecule has 0 aliphatic heterocycles. The monoisotopic (exact) mass is 408 g/mol. The van der Waals surface area contributed by atoms with Gasteiger partial charge in [0.1, 0.15) is 0 Å². The fourth-order valence-corrected chi connectivity index (χ4v) is 3.72. The predicted octanol–water partition coefficient (Wildman–Crippen LogP) is 5.53. The number of rotatable bonds is 6. The van der Waals surface area contributed by atoms with Gasteiger partial charge in [-0.15, -0.1) is 0 Å². The van der Waals surface area contributed by atoms with Crippen molar-refractivity contribution in [3.05, 3.63) is 45.7 Å². The van der Waals surface area contributed by atoms with Gasteiger partial charge in [0, 0.05) is 11.8 Å². The van der Waals surface area contributed by atoms with E-state index in [0.717, 1.165) is 25.7 Å². The molecule has 0 spiro atoms. The molecule has 144 valence electrons. The molecular formula is C20H22Cl2N2O3. The van der Waals surface area contributed by atoms with E-state index in [1.807, 2.05) is 6.92 Å². The zero-order chi connectivity index (χ0) is 19.4. The lowest BCUT2D eigenvalue weighted by molar-refractivity contribution is 0.102. The Kier molecular flexibility index (Phi) is 6.45. The third-order valence-corrected chi connectivity index (χ3v) is 5.33. The number of aryl methyl sites for hydroxylation is 1. The molecule has 1 heterocycles. The number of methoxy groups -OCH3 is 1. The predicted molar refractivity (Wildman–Crippen MR) is 107 cm³/mol. The highest BCUT2D eigenvalue weighted by molar-refractivity contribution is 6.40. The maximum absolute atomic E-state index is 12.8. The number of carbonyl (C=O) groups excluding carboxylic acids is 1. The quantitative estimate of drug-likeness (QED) is 0.681. The van der Waals surface area contributed by atoms with Crippen molar-refractivity contribution < 1.29 is 14.3 Å². The van der Waals surface area contributed by atoms with Crippen LogP contribution in [0.4, 0.5) is 5.69 Å². The van der Waals surface area contributed by atoms with Crippen LogP contribution in [0.5, 0.6) is 11.5 Å². The third-order valence-electron chi connectivity index (χ3n) is 4.64. The van der Waals surface area contributed by atoms with Crippen molar-refractivity contribution in [2.24, 2.45) is 0 Å². The van der Waals surface area contributed by atoms with E-state index in [0.29, 0.717) is 44.9 Å². The summed E-state index contributed by atoms with van der Waals surface area (Å²) in [6.45, 7) is 1.93. The fourth-order valence-electron chi connectivity index (χ4n) is 3.15. The smallest absolute Gasteiger partial charge is 0.255 e. The lowest BCUT2D eigenvalue weighted by Crippen LogP contribution is -2.15. The Balaban J connectivity index is 1.84. The molecule has 0 saturated heterocycles. The van der Waals surface area contributed by atoms with E-state index in [-0.39, 0.29) is 12.0 Å². The van der Waals surface area contributed by atoms with Gasteiger partial charge in [-0.2, -0.15) is 0 Å². The Morgan fingerprint density at radius 1 is 1.26 bits per heavy atom. The summed E-state index contributed by atoms with van der Waals surface area (Å²) in [5.41, 5.74) is 1.48. The second kappa shape index (κ2) is 8.81. The van der Waals surface area contributed by atoms with Gasteiger partial charge in [0.2, 0.25) is 0 Å². The summed E-state index contributed by atoms with van der Waals surface area (Å²) in [5, 5.41) is 3.44. The Morgan fingerprint density at radius 2 is 2.00 bits per heavy atom. The number of carbonyl (C=O) groups is 1. The van der Waals surface area contributed by atoms with Crippen molar-refractivity contribution in [1.82, 2.24) is 4.98 Å². The fraction of sp³-hybridized carbons (Fsp3) is 0.400. The second-order valence-electron chi connectivity index (χ2n) is 6.44. The summed E-state index contributed by atoms with van der Waals surface area (Å²) < 4.78 is 11.4. The van der Waals surface area contributed by atoms with Crippen LogP contribution in [0.15, 0.2) is 24.4 Å². The molecule has 7 heteroatoms. The van der Waals surface area contributed by atoms with Gasteiger partial charge >= 0.3 is 0 Å². The summed E-state index contributed by atoms with van der Waals surface area (Å²) in [7, 11) is 1.58. The number of nitrogens with one attached hydrogen (secondary N) is 1. The number of amides is 1. The highest BCUT2D eigenvalue weighted by atomic mass is 35.5. The highest BCUT2D eigenvalue weighted by Crippen LogP contribution is 2.35. The number of hydrogen-bond donors (Lipinski definition) is 1. The normalized spacial score (nSPS) is 14.2. The number of pyridine rings is 1. The lowest BCUT2D eigenvalue weighted by atomic mass is 10.1. The first-order valence-electron chi connectivity index (χ1n) is 9.02. The lowest BCUT2D eigenvalue weighted by Gasteiger charge is -2.17. The van der Waals surface area contributed by atoms with Crippen LogP contribution in [0.1, 0.15) is 48.7 Å². The topological polar surface area (TPSA) is 60.5 Å². The van der Waals surface area contributed by atoms with Crippen molar-refractivity contribution in [3.63, 3.8) is 0 Å². The number of benzene rings is 1. The molecule has 1 amide bonds. The Morgan fingerprint density at radius 3 is 2.67 bits per heavy atom. The van der Waals surface area contributed by atoms with E-state index in [2.05, 4.69) is 10.3 Å². The van der Waals surface area contributed by atoms with Gasteiger partial charge in [-0.1, -0.05) is 30.1 Å². The molecular weight excluding hydrogens is 387 g/mol. The molecule has 2 aromatic rings. The SMILES string of the molecule is CCc1ncc(Cl)c(NC(=O)c2ccc(OC)c(OC3CCCC3)c2)c1Cl. The molecule has 3 rings (SSSR count). The maximum Gasteiger partial charge on any atom is 0.255 e. The first-order chi connectivity index (χ1) is 13.0. The molecule has 5 nitrogen and oxygen atoms in total. The summed E-state index contributed by atoms with van der Waals surface area (Å²) in [4.78, 5) is 16.9. The Bertz CT molecular complexity index is 836. The minimum Gasteiger partial charge on any atom is -0.493 e. The average Bonchev–Trinajstić information content (AvgIpc) is 3.18. The summed E-state index contributed by atoms with van der Waals surface area (Å²) >= 11 is 12.5. The number of halogens is 2. The van der Waals surface area contributed by atoms with Crippen LogP contribution in [0.2, 0.25) is 10.0 Å². The van der Waals surface area contributed by atoms with Gasteiger partial charge in [0.25, 0.3) is 5.91 Å². The number of aromatic nitrogens is 1. The van der Waals surface area contributed by atoms with E-state index in [9.17, 15) is 4.79 Å². The van der Waals surface area contributed by atoms with Crippen LogP contribution >= 0.6 is 23.2 Å². The van der Waals surface area contributed by atoms with Crippen LogP contribution in [0.25, 0.3) is 0 Å². The Labute approximate surface area is 169 Å². The zero-order valence-corrected chi connectivity index (χ0v) is 16.9. The van der Waals surface area contributed by atoms with Crippen LogP contribution in [0, 0.1) is 0 Å². The summed E-state index contributed by atoms with van der Waals surface area (Å²) in [5.74, 6) is 0.843. The van der Waals surface area contributed by atoms with Gasteiger partial charge in [-0.25, -0.2) is 0 Å². The molecule has 0 atom stereocenters. The van der Waals surface area contributed by atoms with Crippen molar-refractivity contribution in [2.45, 2.75) is 45.1 Å². The molecule has 1 aromatic carbocycles. The molecule has 27 heavy (non-hydrogen) atoms. The standard InChI is InChI=1S/C20H22Cl2N2O3/c1-3-15-18(22)19(14(21)11-23-15)24-20(25)12-8-9-16(26-2)17(10-12)27-13-6-4-5-7-13/h8-11,13H,3-7H2,1-2H3,(H,23,24,25). The van der Waals surface area contributed by atoms with Gasteiger partial charge in [0.15, 0.2) is 11.5 Å². The molecule has 0 unspecified atom stereocenters. The molecule has 0 radical (unpaired) electrons. The molecule has 0 bridgehead atoms. The van der Waals surface area contributed by atoms with Gasteiger partial charge < -0.3 is 14.8 Å². The van der Waals surface area contributed by atoms with Gasteiger partial charge in [-0.3, -0.25) is 9.78 Å². The summed E-state index contributed by atoms with van der Waals surface area (Å²) in [6, 6.07) is 5.10. The van der Waals surface area contributed by atoms with Gasteiger partial charge in [-0.05, 0) is 50.3 Å². The minimum atomic E-state index is -0.328. The van der Waals surface area contributed by atoms with Crippen LogP contribution in [0.3, 0.4) is 0 Å². The molecule has 1 aromatic heterocycles. The molecule has 1 saturated carbocycles. The van der Waals surface area contributed by atoms with Crippen molar-refractivity contribution in [3.8, 4) is 11.5 Å². The van der Waals surface area contributed by atoms with E-state index in [1.165, 1.54) is 6.20 Å². The number of hydrogen-bond acceptors (Lipinski definition) is 4. The first kappa shape index (κ1) is 19.8. The van der Waals surface area contributed by atoms with E-state index < -0.39 is 0 Å². The van der Waals surface area contributed by atoms with E-state index in [1.54, 1.807) is 25.3 Å². The van der Waals surface area contributed by atoms with Crippen molar-refractivity contribution >= 4 is 34.8 Å². The number of nitrogens with zero attached hydrogens (tertiary/aromatic N) is 1. The van der Waals surface area contributed by atoms with E-state index in [4.69, 9.17) is 32.7 Å². The van der Waals surface area contributed by atoms with Gasteiger partial charge in [0.05, 0.1) is 34.6 Å². The first-order valence-corrected chi connectivity index (χ1v) is 9.78. The van der Waals surface area contributed by atoms with Crippen LogP contribution in [-0.4, -0.2) is 24.1 Å². The van der Waals surface area contributed by atoms with Crippen LogP contribution < -0.4 is 14.8 Å². The molecule has 1 aliphatic rings. The highest BCUT2D eigenvalue weighted by Gasteiger charge is 2.20. The second-order valence-corrected chi connectivity index (χ2v) is 7.22. The molecule has 1 N–H and O–H groups in total. The molecule has 1 fully saturated rings. The molecule has 1 aliphatic carbocycles. The maximum atomic E-state index is 12.8. The Hall–Kier alpha value is -1.98. The van der Waals surface area contributed by atoms with E-state index >= 15 is 0 Å². The van der Waals surface area contributed by atoms with Crippen LogP contribution in [-0.2, 0) is 6.42 Å².